The Kier molecular flexibility index (Phi) is 3.91. The van der Waals surface area contributed by atoms with Crippen LogP contribution in [0, 0.1) is 0 Å². The zero-order chi connectivity index (χ0) is 14.0. The summed E-state index contributed by atoms with van der Waals surface area (Å²) in [5.41, 5.74) is 0.0886. The molecule has 2 rings (SSSR count). The van der Waals surface area contributed by atoms with Gasteiger partial charge in [-0.2, -0.15) is 4.31 Å². The van der Waals surface area contributed by atoms with E-state index in [1.807, 2.05) is 6.92 Å². The first kappa shape index (κ1) is 14.0. The molecule has 1 N–H and O–H groups in total. The molecule has 1 heterocycles. The maximum atomic E-state index is 12.5. The third kappa shape index (κ3) is 2.79. The van der Waals surface area contributed by atoms with Crippen LogP contribution in [0.3, 0.4) is 0 Å². The van der Waals surface area contributed by atoms with E-state index in [1.54, 1.807) is 0 Å². The average molecular weight is 283 g/mol. The third-order valence-corrected chi connectivity index (χ3v) is 5.48. The Morgan fingerprint density at radius 2 is 1.89 bits per heavy atom. The molecule has 0 saturated carbocycles. The van der Waals surface area contributed by atoms with E-state index in [0.29, 0.717) is 6.54 Å². The van der Waals surface area contributed by atoms with Crippen LogP contribution in [0.15, 0.2) is 29.2 Å². The molecular formula is C13H17NO4S. The van der Waals surface area contributed by atoms with Gasteiger partial charge in [-0.15, -0.1) is 0 Å². The molecule has 5 nitrogen and oxygen atoms in total. The van der Waals surface area contributed by atoms with Crippen LogP contribution in [-0.4, -0.2) is 36.4 Å². The maximum Gasteiger partial charge on any atom is 0.335 e. The average Bonchev–Trinajstić information content (AvgIpc) is 2.39. The van der Waals surface area contributed by atoms with Crippen LogP contribution in [0.4, 0.5) is 0 Å². The van der Waals surface area contributed by atoms with Crippen LogP contribution in [0.1, 0.15) is 36.5 Å². The van der Waals surface area contributed by atoms with E-state index in [-0.39, 0.29) is 16.5 Å². The second-order valence-corrected chi connectivity index (χ2v) is 6.68. The van der Waals surface area contributed by atoms with Gasteiger partial charge in [0.05, 0.1) is 10.5 Å². The Labute approximate surface area is 112 Å². The van der Waals surface area contributed by atoms with Crippen LogP contribution in [-0.2, 0) is 10.0 Å². The number of carboxylic acids is 1. The van der Waals surface area contributed by atoms with Gasteiger partial charge < -0.3 is 5.11 Å². The predicted octanol–water partition coefficient (Wildman–Crippen LogP) is 1.95. The van der Waals surface area contributed by atoms with Crippen molar-refractivity contribution in [3.8, 4) is 0 Å². The SMILES string of the molecule is C[C@@H]1CCCCN1S(=O)(=O)c1ccc(C(=O)O)cc1. The number of rotatable bonds is 3. The highest BCUT2D eigenvalue weighted by atomic mass is 32.2. The number of carbonyl (C=O) groups is 1. The minimum Gasteiger partial charge on any atom is -0.478 e. The summed E-state index contributed by atoms with van der Waals surface area (Å²) in [6.45, 7) is 2.44. The number of piperidine rings is 1. The number of carboxylic acid groups (broad SMARTS) is 1. The number of benzene rings is 1. The minimum atomic E-state index is -3.51. The molecule has 0 radical (unpaired) electrons. The van der Waals surface area contributed by atoms with Gasteiger partial charge in [0.1, 0.15) is 0 Å². The van der Waals surface area contributed by atoms with Crippen molar-refractivity contribution in [3.05, 3.63) is 29.8 Å². The Bertz CT molecular complexity index is 565. The monoisotopic (exact) mass is 283 g/mol. The summed E-state index contributed by atoms with van der Waals surface area (Å²) in [7, 11) is -3.51. The summed E-state index contributed by atoms with van der Waals surface area (Å²) in [6, 6.07) is 5.37. The fourth-order valence-corrected chi connectivity index (χ4v) is 4.03. The summed E-state index contributed by atoms with van der Waals surface area (Å²) in [5, 5.41) is 8.81. The topological polar surface area (TPSA) is 74.7 Å². The molecule has 0 aliphatic carbocycles. The van der Waals surface area contributed by atoms with E-state index in [0.717, 1.165) is 19.3 Å². The van der Waals surface area contributed by atoms with Crippen molar-refractivity contribution in [2.24, 2.45) is 0 Å². The quantitative estimate of drug-likeness (QED) is 0.920. The molecule has 1 aliphatic rings. The van der Waals surface area contributed by atoms with E-state index in [9.17, 15) is 13.2 Å². The fourth-order valence-electron chi connectivity index (χ4n) is 2.33. The molecule has 6 heteroatoms. The molecule has 1 atom stereocenters. The van der Waals surface area contributed by atoms with Gasteiger partial charge in [-0.3, -0.25) is 0 Å². The van der Waals surface area contributed by atoms with E-state index >= 15 is 0 Å². The van der Waals surface area contributed by atoms with Crippen molar-refractivity contribution in [1.82, 2.24) is 4.31 Å². The van der Waals surface area contributed by atoms with Crippen molar-refractivity contribution >= 4 is 16.0 Å². The molecule has 0 aromatic heterocycles. The molecule has 1 aliphatic heterocycles. The summed E-state index contributed by atoms with van der Waals surface area (Å²) >= 11 is 0. The normalized spacial score (nSPS) is 21.2. The Morgan fingerprint density at radius 3 is 2.42 bits per heavy atom. The van der Waals surface area contributed by atoms with Gasteiger partial charge in [-0.1, -0.05) is 6.42 Å². The lowest BCUT2D eigenvalue weighted by atomic mass is 10.1. The third-order valence-electron chi connectivity index (χ3n) is 3.45. The van der Waals surface area contributed by atoms with Gasteiger partial charge in [0.15, 0.2) is 0 Å². The standard InChI is InChI=1S/C13H17NO4S/c1-10-4-2-3-9-14(10)19(17,18)12-7-5-11(6-8-12)13(15)16/h5-8,10H,2-4,9H2,1H3,(H,15,16)/t10-/m1/s1. The molecule has 19 heavy (non-hydrogen) atoms. The van der Waals surface area contributed by atoms with Crippen LogP contribution >= 0.6 is 0 Å². The lowest BCUT2D eigenvalue weighted by Gasteiger charge is -2.32. The molecule has 0 bridgehead atoms. The molecule has 1 saturated heterocycles. The van der Waals surface area contributed by atoms with Crippen molar-refractivity contribution in [1.29, 1.82) is 0 Å². The van der Waals surface area contributed by atoms with Crippen LogP contribution < -0.4 is 0 Å². The largest absolute Gasteiger partial charge is 0.478 e. The van der Waals surface area contributed by atoms with Crippen molar-refractivity contribution < 1.29 is 18.3 Å². The Balaban J connectivity index is 2.30. The number of sulfonamides is 1. The first-order valence-electron chi connectivity index (χ1n) is 6.28. The molecule has 1 aromatic rings. The number of aromatic carboxylic acids is 1. The predicted molar refractivity (Wildman–Crippen MR) is 70.6 cm³/mol. The smallest absolute Gasteiger partial charge is 0.335 e. The summed E-state index contributed by atoms with van der Waals surface area (Å²) in [6.07, 6.45) is 2.79. The summed E-state index contributed by atoms with van der Waals surface area (Å²) in [4.78, 5) is 10.9. The second-order valence-electron chi connectivity index (χ2n) is 4.79. The lowest BCUT2D eigenvalue weighted by molar-refractivity contribution is 0.0696. The first-order valence-corrected chi connectivity index (χ1v) is 7.72. The van der Waals surface area contributed by atoms with Crippen molar-refractivity contribution in [3.63, 3.8) is 0 Å². The molecule has 1 fully saturated rings. The highest BCUT2D eigenvalue weighted by Gasteiger charge is 2.30. The van der Waals surface area contributed by atoms with Gasteiger partial charge >= 0.3 is 5.97 Å². The van der Waals surface area contributed by atoms with Gasteiger partial charge in [0.25, 0.3) is 0 Å². The van der Waals surface area contributed by atoms with Gasteiger partial charge in [0, 0.05) is 12.6 Å². The fraction of sp³-hybridized carbons (Fsp3) is 0.462. The Hall–Kier alpha value is -1.40. The molecule has 0 unspecified atom stereocenters. The minimum absolute atomic E-state index is 0.00194. The van der Waals surface area contributed by atoms with E-state index in [1.165, 1.54) is 28.6 Å². The van der Waals surface area contributed by atoms with Gasteiger partial charge in [-0.05, 0) is 44.0 Å². The molecule has 1 aromatic carbocycles. The lowest BCUT2D eigenvalue weighted by Crippen LogP contribution is -2.41. The first-order chi connectivity index (χ1) is 8.93. The van der Waals surface area contributed by atoms with Crippen LogP contribution in [0.25, 0.3) is 0 Å². The van der Waals surface area contributed by atoms with Gasteiger partial charge in [-0.25, -0.2) is 13.2 Å². The van der Waals surface area contributed by atoms with E-state index in [4.69, 9.17) is 5.11 Å². The van der Waals surface area contributed by atoms with E-state index < -0.39 is 16.0 Å². The van der Waals surface area contributed by atoms with Gasteiger partial charge in [0.2, 0.25) is 10.0 Å². The summed E-state index contributed by atoms with van der Waals surface area (Å²) in [5.74, 6) is -1.06. The van der Waals surface area contributed by atoms with Crippen LogP contribution in [0.2, 0.25) is 0 Å². The van der Waals surface area contributed by atoms with E-state index in [2.05, 4.69) is 0 Å². The molecule has 0 spiro atoms. The maximum absolute atomic E-state index is 12.5. The second kappa shape index (κ2) is 5.30. The number of nitrogens with zero attached hydrogens (tertiary/aromatic N) is 1. The van der Waals surface area contributed by atoms with Crippen molar-refractivity contribution in [2.75, 3.05) is 6.54 Å². The Morgan fingerprint density at radius 1 is 1.26 bits per heavy atom. The highest BCUT2D eigenvalue weighted by molar-refractivity contribution is 7.89. The molecule has 104 valence electrons. The zero-order valence-electron chi connectivity index (χ0n) is 10.7. The number of hydrogen-bond acceptors (Lipinski definition) is 3. The summed E-state index contributed by atoms with van der Waals surface area (Å²) < 4.78 is 26.4. The zero-order valence-corrected chi connectivity index (χ0v) is 11.6. The highest BCUT2D eigenvalue weighted by Crippen LogP contribution is 2.25. The molecular weight excluding hydrogens is 266 g/mol. The molecule has 0 amide bonds. The van der Waals surface area contributed by atoms with Crippen LogP contribution in [0.5, 0.6) is 0 Å². The number of hydrogen-bond donors (Lipinski definition) is 1. The van der Waals surface area contributed by atoms with Crippen molar-refractivity contribution in [2.45, 2.75) is 37.1 Å².